The van der Waals surface area contributed by atoms with E-state index in [2.05, 4.69) is 20.8 Å². The number of H-pyrrole nitrogens is 1. The van der Waals surface area contributed by atoms with E-state index in [0.717, 1.165) is 10.9 Å². The summed E-state index contributed by atoms with van der Waals surface area (Å²) < 4.78 is 0. The summed E-state index contributed by atoms with van der Waals surface area (Å²) in [5.41, 5.74) is 1.29. The first-order valence-electron chi connectivity index (χ1n) is 6.99. The van der Waals surface area contributed by atoms with E-state index in [1.54, 1.807) is 25.3 Å². The Balaban J connectivity index is 1.98. The Morgan fingerprint density at radius 1 is 1.29 bits per heavy atom. The van der Waals surface area contributed by atoms with Crippen LogP contribution in [-0.4, -0.2) is 34.6 Å². The molecule has 2 aromatic rings. The molecule has 2 amide bonds. The van der Waals surface area contributed by atoms with Crippen LogP contribution in [0.1, 0.15) is 31.1 Å². The van der Waals surface area contributed by atoms with E-state index in [9.17, 15) is 9.59 Å². The van der Waals surface area contributed by atoms with Gasteiger partial charge in [-0.25, -0.2) is 0 Å². The lowest BCUT2D eigenvalue weighted by Crippen LogP contribution is -2.45. The van der Waals surface area contributed by atoms with Gasteiger partial charge in [-0.2, -0.15) is 5.10 Å². The third kappa shape index (κ3) is 3.81. The number of hydrogen-bond acceptors (Lipinski definition) is 3. The van der Waals surface area contributed by atoms with Crippen molar-refractivity contribution in [2.75, 3.05) is 6.54 Å². The van der Waals surface area contributed by atoms with Crippen molar-refractivity contribution in [3.05, 3.63) is 30.0 Å². The second kappa shape index (κ2) is 6.39. The van der Waals surface area contributed by atoms with E-state index in [1.807, 2.05) is 19.9 Å². The first-order chi connectivity index (χ1) is 9.97. The number of aromatic amines is 1. The van der Waals surface area contributed by atoms with Gasteiger partial charge in [0.25, 0.3) is 5.91 Å². The van der Waals surface area contributed by atoms with Gasteiger partial charge in [-0.05, 0) is 25.0 Å². The van der Waals surface area contributed by atoms with Crippen molar-refractivity contribution in [3.8, 4) is 0 Å². The average molecular weight is 288 g/mol. The molecule has 2 rings (SSSR count). The number of carbonyl (C=O) groups is 2. The molecule has 1 atom stereocenters. The van der Waals surface area contributed by atoms with Gasteiger partial charge in [-0.15, -0.1) is 0 Å². The van der Waals surface area contributed by atoms with Crippen molar-refractivity contribution < 1.29 is 9.59 Å². The topological polar surface area (TPSA) is 86.9 Å². The van der Waals surface area contributed by atoms with E-state index in [-0.39, 0.29) is 11.8 Å². The van der Waals surface area contributed by atoms with Crippen molar-refractivity contribution in [2.24, 2.45) is 5.92 Å². The van der Waals surface area contributed by atoms with Gasteiger partial charge in [0.05, 0.1) is 11.7 Å². The molecule has 1 heterocycles. The van der Waals surface area contributed by atoms with Gasteiger partial charge >= 0.3 is 0 Å². The molecule has 0 fully saturated rings. The maximum Gasteiger partial charge on any atom is 0.251 e. The van der Waals surface area contributed by atoms with Gasteiger partial charge in [-0.3, -0.25) is 14.7 Å². The van der Waals surface area contributed by atoms with Crippen molar-refractivity contribution >= 4 is 22.7 Å². The van der Waals surface area contributed by atoms with E-state index >= 15 is 0 Å². The van der Waals surface area contributed by atoms with Crippen LogP contribution in [0.15, 0.2) is 24.4 Å². The number of aromatic nitrogens is 2. The minimum atomic E-state index is -0.575. The van der Waals surface area contributed by atoms with Crippen LogP contribution in [0, 0.1) is 5.92 Å². The van der Waals surface area contributed by atoms with Gasteiger partial charge < -0.3 is 10.6 Å². The van der Waals surface area contributed by atoms with Crippen LogP contribution >= 0.6 is 0 Å². The molecule has 21 heavy (non-hydrogen) atoms. The summed E-state index contributed by atoms with van der Waals surface area (Å²) in [6.45, 7) is 6.30. The second-order valence-electron chi connectivity index (χ2n) is 5.51. The standard InChI is InChI=1S/C15H20N4O2/c1-9(2)7-16-14(20)10(3)18-15(21)11-4-5-12-8-17-19-13(12)6-11/h4-6,8-10H,7H2,1-3H3,(H,16,20)(H,17,19)(H,18,21). The first-order valence-corrected chi connectivity index (χ1v) is 6.99. The fourth-order valence-corrected chi connectivity index (χ4v) is 1.88. The van der Waals surface area contributed by atoms with Gasteiger partial charge in [0.1, 0.15) is 6.04 Å². The quantitative estimate of drug-likeness (QED) is 0.778. The lowest BCUT2D eigenvalue weighted by Gasteiger charge is -2.15. The molecule has 0 bridgehead atoms. The number of hydrogen-bond donors (Lipinski definition) is 3. The lowest BCUT2D eigenvalue weighted by atomic mass is 10.1. The molecule has 0 aliphatic carbocycles. The molecular weight excluding hydrogens is 268 g/mol. The molecule has 6 nitrogen and oxygen atoms in total. The zero-order valence-electron chi connectivity index (χ0n) is 12.4. The SMILES string of the molecule is CC(C)CNC(=O)C(C)NC(=O)c1ccc2cn[nH]c2c1. The van der Waals surface area contributed by atoms with E-state index in [1.165, 1.54) is 0 Å². The highest BCUT2D eigenvalue weighted by Gasteiger charge is 2.16. The number of nitrogens with one attached hydrogen (secondary N) is 3. The van der Waals surface area contributed by atoms with Gasteiger partial charge in [0.15, 0.2) is 0 Å². The summed E-state index contributed by atoms with van der Waals surface area (Å²) in [7, 11) is 0. The maximum absolute atomic E-state index is 12.1. The van der Waals surface area contributed by atoms with E-state index in [4.69, 9.17) is 0 Å². The number of amides is 2. The molecular formula is C15H20N4O2. The van der Waals surface area contributed by atoms with Crippen molar-refractivity contribution in [3.63, 3.8) is 0 Å². The largest absolute Gasteiger partial charge is 0.354 e. The summed E-state index contributed by atoms with van der Waals surface area (Å²) in [5, 5.41) is 13.2. The van der Waals surface area contributed by atoms with Crippen LogP contribution in [0.3, 0.4) is 0 Å². The summed E-state index contributed by atoms with van der Waals surface area (Å²) in [6, 6.07) is 4.67. The van der Waals surface area contributed by atoms with Crippen molar-refractivity contribution in [2.45, 2.75) is 26.8 Å². The molecule has 3 N–H and O–H groups in total. The Kier molecular flexibility index (Phi) is 4.57. The fraction of sp³-hybridized carbons (Fsp3) is 0.400. The highest BCUT2D eigenvalue weighted by Crippen LogP contribution is 2.12. The van der Waals surface area contributed by atoms with Crippen molar-refractivity contribution in [1.82, 2.24) is 20.8 Å². The number of carbonyl (C=O) groups excluding carboxylic acids is 2. The molecule has 0 aliphatic heterocycles. The van der Waals surface area contributed by atoms with Crippen LogP contribution in [0.4, 0.5) is 0 Å². The third-order valence-corrected chi connectivity index (χ3v) is 3.13. The zero-order chi connectivity index (χ0) is 15.4. The van der Waals surface area contributed by atoms with Gasteiger partial charge in [0, 0.05) is 17.5 Å². The monoisotopic (exact) mass is 288 g/mol. The molecule has 1 aromatic carbocycles. The Morgan fingerprint density at radius 3 is 2.76 bits per heavy atom. The second-order valence-corrected chi connectivity index (χ2v) is 5.51. The minimum Gasteiger partial charge on any atom is -0.354 e. The maximum atomic E-state index is 12.1. The number of nitrogens with zero attached hydrogens (tertiary/aromatic N) is 1. The van der Waals surface area contributed by atoms with Crippen LogP contribution in [0.25, 0.3) is 10.9 Å². The Hall–Kier alpha value is -2.37. The molecule has 1 aromatic heterocycles. The molecule has 0 saturated heterocycles. The van der Waals surface area contributed by atoms with Gasteiger partial charge in [-0.1, -0.05) is 19.9 Å². The first kappa shape index (κ1) is 15.0. The predicted octanol–water partition coefficient (Wildman–Crippen LogP) is 1.45. The van der Waals surface area contributed by atoms with Crippen molar-refractivity contribution in [1.29, 1.82) is 0 Å². The Morgan fingerprint density at radius 2 is 2.05 bits per heavy atom. The molecule has 112 valence electrons. The molecule has 1 unspecified atom stereocenters. The van der Waals surface area contributed by atoms with Crippen LogP contribution in [0.5, 0.6) is 0 Å². The highest BCUT2D eigenvalue weighted by atomic mass is 16.2. The number of fused-ring (bicyclic) bond motifs is 1. The van der Waals surface area contributed by atoms with E-state index < -0.39 is 6.04 Å². The van der Waals surface area contributed by atoms with Gasteiger partial charge in [0.2, 0.25) is 5.91 Å². The summed E-state index contributed by atoms with van der Waals surface area (Å²) in [6.07, 6.45) is 1.69. The smallest absolute Gasteiger partial charge is 0.251 e. The fourth-order valence-electron chi connectivity index (χ4n) is 1.88. The minimum absolute atomic E-state index is 0.181. The molecule has 0 aliphatic rings. The average Bonchev–Trinajstić information content (AvgIpc) is 2.91. The summed E-state index contributed by atoms with van der Waals surface area (Å²) in [4.78, 5) is 24.0. The van der Waals surface area contributed by atoms with Crippen LogP contribution in [0.2, 0.25) is 0 Å². The Bertz CT molecular complexity index is 648. The third-order valence-electron chi connectivity index (χ3n) is 3.13. The van der Waals surface area contributed by atoms with Crippen LogP contribution < -0.4 is 10.6 Å². The molecule has 0 spiro atoms. The summed E-state index contributed by atoms with van der Waals surface area (Å²) in [5.74, 6) is -0.0852. The Labute approximate surface area is 123 Å². The number of benzene rings is 1. The molecule has 0 saturated carbocycles. The summed E-state index contributed by atoms with van der Waals surface area (Å²) >= 11 is 0. The lowest BCUT2D eigenvalue weighted by molar-refractivity contribution is -0.122. The number of rotatable bonds is 5. The molecule has 6 heteroatoms. The highest BCUT2D eigenvalue weighted by molar-refractivity contribution is 5.99. The zero-order valence-corrected chi connectivity index (χ0v) is 12.4. The molecule has 0 radical (unpaired) electrons. The van der Waals surface area contributed by atoms with E-state index in [0.29, 0.717) is 18.0 Å². The normalized spacial score (nSPS) is 12.4. The predicted molar refractivity (Wildman–Crippen MR) is 80.9 cm³/mol. The van der Waals surface area contributed by atoms with Crippen LogP contribution in [-0.2, 0) is 4.79 Å².